The molecule has 0 saturated carbocycles. The van der Waals surface area contributed by atoms with Gasteiger partial charge in [-0.3, -0.25) is 0 Å². The highest BCUT2D eigenvalue weighted by Gasteiger charge is 2.04. The molecule has 206 valence electrons. The minimum absolute atomic E-state index is 0.232. The molecule has 34 heavy (non-hydrogen) atoms. The first-order valence-electron chi connectivity index (χ1n) is 15.3. The lowest BCUT2D eigenvalue weighted by molar-refractivity contribution is -0.870. The standard InChI is InChI=1S/C19H42N.C12H24O2/c1-5-6-7-8-9-10-11-12-13-14-15-16-17-18-19-20(2,3)4;1-2-3-4-5-6-7-8-9-10-11-12(13)14/h5-19H2,1-4H3;2-11H2,1H3,(H,13,14)/q+1;/p-1. The Morgan fingerprint density at radius 3 is 1.00 bits per heavy atom. The number of hydrogen-bond acceptors (Lipinski definition) is 2. The molecule has 0 aromatic rings. The van der Waals surface area contributed by atoms with Crippen LogP contribution < -0.4 is 5.11 Å². The number of carboxylic acid groups (broad SMARTS) is 1. The van der Waals surface area contributed by atoms with E-state index in [-0.39, 0.29) is 6.42 Å². The molecule has 0 aliphatic carbocycles. The van der Waals surface area contributed by atoms with Crippen molar-refractivity contribution in [3.8, 4) is 0 Å². The molecule has 0 heterocycles. The van der Waals surface area contributed by atoms with Crippen LogP contribution in [-0.2, 0) is 4.79 Å². The van der Waals surface area contributed by atoms with Gasteiger partial charge in [-0.05, 0) is 25.7 Å². The Morgan fingerprint density at radius 1 is 0.471 bits per heavy atom. The van der Waals surface area contributed by atoms with E-state index in [2.05, 4.69) is 35.0 Å². The van der Waals surface area contributed by atoms with Gasteiger partial charge < -0.3 is 14.4 Å². The molecule has 0 N–H and O–H groups in total. The molecular weight excluding hydrogens is 418 g/mol. The Bertz CT molecular complexity index is 389. The molecule has 0 rings (SSSR count). The van der Waals surface area contributed by atoms with Gasteiger partial charge in [0.15, 0.2) is 0 Å². The van der Waals surface area contributed by atoms with Crippen molar-refractivity contribution < 1.29 is 14.4 Å². The Kier molecular flexibility index (Phi) is 30.0. The molecule has 0 aliphatic heterocycles. The third kappa shape index (κ3) is 38.7. The molecule has 3 nitrogen and oxygen atoms in total. The van der Waals surface area contributed by atoms with Gasteiger partial charge >= 0.3 is 0 Å². The highest BCUT2D eigenvalue weighted by molar-refractivity contribution is 5.63. The fraction of sp³-hybridized carbons (Fsp3) is 0.968. The van der Waals surface area contributed by atoms with Crippen molar-refractivity contribution >= 4 is 5.97 Å². The minimum atomic E-state index is -0.909. The molecule has 3 heteroatoms. The van der Waals surface area contributed by atoms with Gasteiger partial charge in [-0.25, -0.2) is 0 Å². The Labute approximate surface area is 216 Å². The van der Waals surface area contributed by atoms with Crippen molar-refractivity contribution in [2.75, 3.05) is 27.7 Å². The van der Waals surface area contributed by atoms with Crippen molar-refractivity contribution in [3.63, 3.8) is 0 Å². The molecule has 0 bridgehead atoms. The van der Waals surface area contributed by atoms with Crippen LogP contribution in [0.3, 0.4) is 0 Å². The number of carboxylic acids is 1. The van der Waals surface area contributed by atoms with E-state index in [0.717, 1.165) is 17.3 Å². The molecule has 0 atom stereocenters. The summed E-state index contributed by atoms with van der Waals surface area (Å²) < 4.78 is 1.12. The summed E-state index contributed by atoms with van der Waals surface area (Å²) in [5.41, 5.74) is 0. The molecular formula is C31H65NO2. The van der Waals surface area contributed by atoms with Gasteiger partial charge in [0.05, 0.1) is 27.7 Å². The Hall–Kier alpha value is -0.570. The number of rotatable bonds is 25. The van der Waals surface area contributed by atoms with Crippen molar-refractivity contribution in [3.05, 3.63) is 0 Å². The second kappa shape index (κ2) is 28.7. The second-order valence-corrected chi connectivity index (χ2v) is 11.6. The maximum atomic E-state index is 10.1. The number of unbranched alkanes of at least 4 members (excludes halogenated alkanes) is 21. The van der Waals surface area contributed by atoms with Crippen molar-refractivity contribution in [1.29, 1.82) is 0 Å². The fourth-order valence-electron chi connectivity index (χ4n) is 4.36. The summed E-state index contributed by atoms with van der Waals surface area (Å²) in [5.74, 6) is -0.909. The van der Waals surface area contributed by atoms with Crippen molar-refractivity contribution in [2.24, 2.45) is 0 Å². The summed E-state index contributed by atoms with van der Waals surface area (Å²) in [6.07, 6.45) is 31.5. The molecule has 0 spiro atoms. The zero-order chi connectivity index (χ0) is 25.8. The smallest absolute Gasteiger partial charge is 0.0780 e. The summed E-state index contributed by atoms with van der Waals surface area (Å²) in [5, 5.41) is 10.1. The third-order valence-electron chi connectivity index (χ3n) is 6.67. The number of quaternary nitrogens is 1. The van der Waals surface area contributed by atoms with Crippen molar-refractivity contribution in [2.45, 2.75) is 168 Å². The molecule has 0 aromatic heterocycles. The van der Waals surface area contributed by atoms with Crippen LogP contribution in [0.1, 0.15) is 168 Å². The van der Waals surface area contributed by atoms with Gasteiger partial charge in [-0.1, -0.05) is 142 Å². The summed E-state index contributed by atoms with van der Waals surface area (Å²) in [7, 11) is 6.88. The van der Waals surface area contributed by atoms with E-state index in [9.17, 15) is 9.90 Å². The first kappa shape index (κ1) is 35.6. The van der Waals surface area contributed by atoms with Gasteiger partial charge in [0.1, 0.15) is 0 Å². The maximum Gasteiger partial charge on any atom is 0.0780 e. The fourth-order valence-corrected chi connectivity index (χ4v) is 4.36. The zero-order valence-corrected chi connectivity index (χ0v) is 24.4. The minimum Gasteiger partial charge on any atom is -0.550 e. The van der Waals surface area contributed by atoms with E-state index in [1.54, 1.807) is 0 Å². The van der Waals surface area contributed by atoms with Gasteiger partial charge in [-0.2, -0.15) is 0 Å². The van der Waals surface area contributed by atoms with Crippen LogP contribution in [0.15, 0.2) is 0 Å². The van der Waals surface area contributed by atoms with Crippen LogP contribution >= 0.6 is 0 Å². The molecule has 0 fully saturated rings. The van der Waals surface area contributed by atoms with Crippen LogP contribution in [0.5, 0.6) is 0 Å². The molecule has 0 aromatic carbocycles. The highest BCUT2D eigenvalue weighted by atomic mass is 16.4. The lowest BCUT2D eigenvalue weighted by Gasteiger charge is -2.23. The van der Waals surface area contributed by atoms with E-state index in [4.69, 9.17) is 0 Å². The lowest BCUT2D eigenvalue weighted by Crippen LogP contribution is -2.35. The van der Waals surface area contributed by atoms with E-state index < -0.39 is 5.97 Å². The van der Waals surface area contributed by atoms with E-state index in [1.807, 2.05) is 0 Å². The molecule has 0 amide bonds. The van der Waals surface area contributed by atoms with Crippen LogP contribution in [0.4, 0.5) is 0 Å². The van der Waals surface area contributed by atoms with Crippen LogP contribution in [0.25, 0.3) is 0 Å². The average molecular weight is 484 g/mol. The van der Waals surface area contributed by atoms with Crippen LogP contribution in [0.2, 0.25) is 0 Å². The van der Waals surface area contributed by atoms with Gasteiger partial charge in [0, 0.05) is 5.97 Å². The first-order chi connectivity index (χ1) is 16.3. The summed E-state index contributed by atoms with van der Waals surface area (Å²) >= 11 is 0. The highest BCUT2D eigenvalue weighted by Crippen LogP contribution is 2.13. The largest absolute Gasteiger partial charge is 0.550 e. The summed E-state index contributed by atoms with van der Waals surface area (Å²) in [6.45, 7) is 5.85. The van der Waals surface area contributed by atoms with E-state index >= 15 is 0 Å². The lowest BCUT2D eigenvalue weighted by atomic mass is 10.0. The molecule has 0 saturated heterocycles. The number of carbonyl (C=O) groups excluding carboxylic acids is 1. The summed E-state index contributed by atoms with van der Waals surface area (Å²) in [6, 6.07) is 0. The topological polar surface area (TPSA) is 40.1 Å². The Morgan fingerprint density at radius 2 is 0.735 bits per heavy atom. The Balaban J connectivity index is 0. The monoisotopic (exact) mass is 484 g/mol. The predicted octanol–water partition coefficient (Wildman–Crippen LogP) is 8.83. The molecule has 0 unspecified atom stereocenters. The number of aliphatic carboxylic acids is 1. The normalized spacial score (nSPS) is 11.3. The SMILES string of the molecule is CCCCCCCCCCCC(=O)[O-].CCCCCCCCCCCCCCCC[N+](C)(C)C. The second-order valence-electron chi connectivity index (χ2n) is 11.6. The van der Waals surface area contributed by atoms with Crippen molar-refractivity contribution in [1.82, 2.24) is 0 Å². The van der Waals surface area contributed by atoms with Gasteiger partial charge in [0.2, 0.25) is 0 Å². The third-order valence-corrected chi connectivity index (χ3v) is 6.67. The summed E-state index contributed by atoms with van der Waals surface area (Å²) in [4.78, 5) is 10.1. The van der Waals surface area contributed by atoms with Gasteiger partial charge in [0.25, 0.3) is 0 Å². The van der Waals surface area contributed by atoms with E-state index in [1.165, 1.54) is 141 Å². The molecule has 0 radical (unpaired) electrons. The average Bonchev–Trinajstić information content (AvgIpc) is 2.78. The first-order valence-corrected chi connectivity index (χ1v) is 15.3. The predicted molar refractivity (Wildman–Crippen MR) is 150 cm³/mol. The number of carbonyl (C=O) groups is 1. The van der Waals surface area contributed by atoms with Crippen LogP contribution in [0, 0.1) is 0 Å². The number of nitrogens with zero attached hydrogens (tertiary/aromatic N) is 1. The van der Waals surface area contributed by atoms with Crippen LogP contribution in [-0.4, -0.2) is 38.1 Å². The molecule has 0 aliphatic rings. The maximum absolute atomic E-state index is 10.1. The van der Waals surface area contributed by atoms with E-state index in [0.29, 0.717) is 0 Å². The zero-order valence-electron chi connectivity index (χ0n) is 24.4. The van der Waals surface area contributed by atoms with Gasteiger partial charge in [-0.15, -0.1) is 0 Å². The number of hydrogen-bond donors (Lipinski definition) is 0. The quantitative estimate of drug-likeness (QED) is 0.0960.